The predicted octanol–water partition coefficient (Wildman–Crippen LogP) is 2.82. The van der Waals surface area contributed by atoms with Gasteiger partial charge in [-0.05, 0) is 46.3 Å². The van der Waals surface area contributed by atoms with Crippen LogP contribution in [0.2, 0.25) is 0 Å². The van der Waals surface area contributed by atoms with Gasteiger partial charge >= 0.3 is 0 Å². The van der Waals surface area contributed by atoms with E-state index in [4.69, 9.17) is 5.73 Å². The average molecular weight is 310 g/mol. The van der Waals surface area contributed by atoms with Crippen LogP contribution in [0.4, 0.5) is 15.8 Å². The molecule has 0 atom stereocenters. The van der Waals surface area contributed by atoms with Crippen molar-refractivity contribution in [1.82, 2.24) is 4.98 Å². The molecule has 1 heterocycles. The van der Waals surface area contributed by atoms with Gasteiger partial charge in [0.25, 0.3) is 5.91 Å². The van der Waals surface area contributed by atoms with Gasteiger partial charge in [0.05, 0.1) is 17.4 Å². The van der Waals surface area contributed by atoms with Crippen LogP contribution in [0.25, 0.3) is 0 Å². The van der Waals surface area contributed by atoms with Crippen LogP contribution in [0.15, 0.2) is 41.1 Å². The molecule has 0 saturated carbocycles. The third-order valence-corrected chi connectivity index (χ3v) is 2.69. The lowest BCUT2D eigenvalue weighted by molar-refractivity contribution is 0.102. The van der Waals surface area contributed by atoms with E-state index >= 15 is 0 Å². The molecule has 0 aliphatic rings. The molecule has 0 bridgehead atoms. The Balaban J connectivity index is 2.19. The van der Waals surface area contributed by atoms with Gasteiger partial charge in [-0.1, -0.05) is 0 Å². The van der Waals surface area contributed by atoms with Crippen LogP contribution in [0.3, 0.4) is 0 Å². The molecule has 18 heavy (non-hydrogen) atoms. The number of carbonyl (C=O) groups excluding carboxylic acids is 1. The largest absolute Gasteiger partial charge is 0.399 e. The molecule has 4 nitrogen and oxygen atoms in total. The van der Waals surface area contributed by atoms with Gasteiger partial charge in [0, 0.05) is 5.69 Å². The monoisotopic (exact) mass is 309 g/mol. The number of anilines is 2. The van der Waals surface area contributed by atoms with Gasteiger partial charge in [-0.25, -0.2) is 9.37 Å². The summed E-state index contributed by atoms with van der Waals surface area (Å²) < 4.78 is 14.2. The highest BCUT2D eigenvalue weighted by molar-refractivity contribution is 9.10. The fraction of sp³-hybridized carbons (Fsp3) is 0. The second-order valence-corrected chi connectivity index (χ2v) is 4.38. The van der Waals surface area contributed by atoms with Crippen LogP contribution in [-0.4, -0.2) is 10.9 Å². The van der Waals surface area contributed by atoms with Crippen molar-refractivity contribution in [2.24, 2.45) is 0 Å². The molecule has 1 amide bonds. The number of nitrogens with two attached hydrogens (primary N) is 1. The van der Waals surface area contributed by atoms with Crippen LogP contribution in [0, 0.1) is 5.82 Å². The molecular formula is C12H9BrFN3O. The van der Waals surface area contributed by atoms with E-state index in [0.717, 1.165) is 6.07 Å². The zero-order chi connectivity index (χ0) is 13.1. The minimum absolute atomic E-state index is 0.0629. The Labute approximate surface area is 111 Å². The number of hydrogen-bond acceptors (Lipinski definition) is 3. The number of nitrogen functional groups attached to an aromatic ring is 1. The maximum atomic E-state index is 13.5. The summed E-state index contributed by atoms with van der Waals surface area (Å²) in [6.07, 6.45) is 1.47. The number of benzene rings is 1. The number of aromatic nitrogens is 1. The lowest BCUT2D eigenvalue weighted by Crippen LogP contribution is -2.14. The first-order valence-electron chi connectivity index (χ1n) is 5.04. The SMILES string of the molecule is Nc1ccc(C(=O)Nc2ccc(Br)nc2)c(F)c1. The molecule has 0 saturated heterocycles. The topological polar surface area (TPSA) is 68.0 Å². The van der Waals surface area contributed by atoms with Crippen LogP contribution >= 0.6 is 15.9 Å². The summed E-state index contributed by atoms with van der Waals surface area (Å²) in [5.74, 6) is -1.20. The van der Waals surface area contributed by atoms with Gasteiger partial charge in [0.15, 0.2) is 0 Å². The maximum Gasteiger partial charge on any atom is 0.258 e. The summed E-state index contributed by atoms with van der Waals surface area (Å²) in [6.45, 7) is 0. The van der Waals surface area contributed by atoms with E-state index in [1.165, 1.54) is 18.3 Å². The van der Waals surface area contributed by atoms with E-state index in [-0.39, 0.29) is 11.3 Å². The van der Waals surface area contributed by atoms with Gasteiger partial charge < -0.3 is 11.1 Å². The smallest absolute Gasteiger partial charge is 0.258 e. The molecule has 0 spiro atoms. The molecule has 6 heteroatoms. The molecule has 0 aliphatic carbocycles. The highest BCUT2D eigenvalue weighted by atomic mass is 79.9. The van der Waals surface area contributed by atoms with Gasteiger partial charge in [0.1, 0.15) is 10.4 Å². The van der Waals surface area contributed by atoms with Crippen LogP contribution < -0.4 is 11.1 Å². The minimum atomic E-state index is -0.655. The van der Waals surface area contributed by atoms with Crippen molar-refractivity contribution in [3.8, 4) is 0 Å². The Kier molecular flexibility index (Phi) is 3.57. The average Bonchev–Trinajstić information content (AvgIpc) is 2.32. The van der Waals surface area contributed by atoms with Crippen molar-refractivity contribution in [3.63, 3.8) is 0 Å². The van der Waals surface area contributed by atoms with E-state index in [9.17, 15) is 9.18 Å². The van der Waals surface area contributed by atoms with Crippen molar-refractivity contribution in [3.05, 3.63) is 52.5 Å². The Bertz CT molecular complexity index is 586. The fourth-order valence-electron chi connectivity index (χ4n) is 1.36. The molecule has 92 valence electrons. The minimum Gasteiger partial charge on any atom is -0.399 e. The third-order valence-electron chi connectivity index (χ3n) is 2.22. The molecule has 2 rings (SSSR count). The summed E-state index contributed by atoms with van der Waals surface area (Å²) in [6, 6.07) is 7.25. The van der Waals surface area contributed by atoms with Crippen LogP contribution in [0.1, 0.15) is 10.4 Å². The summed E-state index contributed by atoms with van der Waals surface area (Å²) in [5.41, 5.74) is 6.11. The van der Waals surface area contributed by atoms with Gasteiger partial charge in [-0.15, -0.1) is 0 Å². The predicted molar refractivity (Wildman–Crippen MR) is 70.7 cm³/mol. The lowest BCUT2D eigenvalue weighted by Gasteiger charge is -2.06. The van der Waals surface area contributed by atoms with Crippen molar-refractivity contribution in [1.29, 1.82) is 0 Å². The number of halogens is 2. The van der Waals surface area contributed by atoms with E-state index < -0.39 is 11.7 Å². The van der Waals surface area contributed by atoms with Crippen LogP contribution in [-0.2, 0) is 0 Å². The van der Waals surface area contributed by atoms with Gasteiger partial charge in [-0.3, -0.25) is 4.79 Å². The summed E-state index contributed by atoms with van der Waals surface area (Å²) in [7, 11) is 0. The number of carbonyl (C=O) groups is 1. The van der Waals surface area contributed by atoms with Crippen molar-refractivity contribution in [2.75, 3.05) is 11.1 Å². The number of hydrogen-bond donors (Lipinski definition) is 2. The van der Waals surface area contributed by atoms with E-state index in [1.54, 1.807) is 12.1 Å². The Hall–Kier alpha value is -1.95. The van der Waals surface area contributed by atoms with E-state index in [2.05, 4.69) is 26.2 Å². The molecule has 0 aliphatic heterocycles. The second-order valence-electron chi connectivity index (χ2n) is 3.56. The molecule has 1 aromatic carbocycles. The summed E-state index contributed by atoms with van der Waals surface area (Å²) >= 11 is 3.18. The lowest BCUT2D eigenvalue weighted by atomic mass is 10.2. The molecular weight excluding hydrogens is 301 g/mol. The molecule has 1 aromatic heterocycles. The quantitative estimate of drug-likeness (QED) is 0.662. The first-order valence-corrected chi connectivity index (χ1v) is 5.83. The van der Waals surface area contributed by atoms with Crippen LogP contribution in [0.5, 0.6) is 0 Å². The van der Waals surface area contributed by atoms with Gasteiger partial charge in [-0.2, -0.15) is 0 Å². The zero-order valence-electron chi connectivity index (χ0n) is 9.15. The molecule has 0 unspecified atom stereocenters. The summed E-state index contributed by atoms with van der Waals surface area (Å²) in [4.78, 5) is 15.8. The van der Waals surface area contributed by atoms with Gasteiger partial charge in [0.2, 0.25) is 0 Å². The third kappa shape index (κ3) is 2.84. The highest BCUT2D eigenvalue weighted by Gasteiger charge is 2.12. The number of nitrogens with one attached hydrogen (secondary N) is 1. The normalized spacial score (nSPS) is 10.1. The maximum absolute atomic E-state index is 13.5. The number of nitrogens with zero attached hydrogens (tertiary/aromatic N) is 1. The summed E-state index contributed by atoms with van der Waals surface area (Å²) in [5, 5.41) is 2.54. The van der Waals surface area contributed by atoms with E-state index in [0.29, 0.717) is 10.3 Å². The number of amides is 1. The van der Waals surface area contributed by atoms with Crippen molar-refractivity contribution in [2.45, 2.75) is 0 Å². The van der Waals surface area contributed by atoms with Crippen molar-refractivity contribution >= 4 is 33.2 Å². The molecule has 0 radical (unpaired) electrons. The zero-order valence-corrected chi connectivity index (χ0v) is 10.7. The van der Waals surface area contributed by atoms with Crippen molar-refractivity contribution < 1.29 is 9.18 Å². The Morgan fingerprint density at radius 3 is 2.72 bits per heavy atom. The second kappa shape index (κ2) is 5.14. The Morgan fingerprint density at radius 2 is 2.11 bits per heavy atom. The number of pyridine rings is 1. The fourth-order valence-corrected chi connectivity index (χ4v) is 1.60. The van der Waals surface area contributed by atoms with E-state index in [1.807, 2.05) is 0 Å². The molecule has 2 aromatic rings. The standard InChI is InChI=1S/C12H9BrFN3O/c13-11-4-2-8(6-16-11)17-12(18)9-3-1-7(15)5-10(9)14/h1-6H,15H2,(H,17,18). The first kappa shape index (κ1) is 12.5. The highest BCUT2D eigenvalue weighted by Crippen LogP contribution is 2.15. The molecule has 3 N–H and O–H groups in total. The molecule has 0 fully saturated rings. The number of rotatable bonds is 2. The Morgan fingerprint density at radius 1 is 1.33 bits per heavy atom. The first-order chi connectivity index (χ1) is 8.56.